The SMILES string of the molecule is CCCOC(=O)c1cc2ccccc2cc1Oc1ccnc2cc(OCCn3ccnc3)c(OC)cc12. The molecule has 0 bridgehead atoms. The summed E-state index contributed by atoms with van der Waals surface area (Å²) in [6, 6.07) is 16.9. The van der Waals surface area contributed by atoms with Crippen LogP contribution >= 0.6 is 0 Å². The molecule has 2 heterocycles. The average molecular weight is 498 g/mol. The third-order valence-electron chi connectivity index (χ3n) is 5.88. The lowest BCUT2D eigenvalue weighted by atomic mass is 10.1. The van der Waals surface area contributed by atoms with E-state index in [-0.39, 0.29) is 0 Å². The fraction of sp³-hybridized carbons (Fsp3) is 0.207. The Morgan fingerprint density at radius 3 is 2.51 bits per heavy atom. The molecule has 0 aliphatic carbocycles. The third-order valence-corrected chi connectivity index (χ3v) is 5.88. The van der Waals surface area contributed by atoms with E-state index in [1.54, 1.807) is 38.0 Å². The number of fused-ring (bicyclic) bond motifs is 2. The first-order chi connectivity index (χ1) is 18.2. The predicted molar refractivity (Wildman–Crippen MR) is 141 cm³/mol. The van der Waals surface area contributed by atoms with Crippen LogP contribution in [0.25, 0.3) is 21.7 Å². The van der Waals surface area contributed by atoms with Crippen LogP contribution in [-0.2, 0) is 11.3 Å². The predicted octanol–water partition coefficient (Wildman–Crippen LogP) is 6.03. The number of carbonyl (C=O) groups is 1. The minimum Gasteiger partial charge on any atom is -0.493 e. The minimum absolute atomic E-state index is 0.337. The molecule has 0 amide bonds. The summed E-state index contributed by atoms with van der Waals surface area (Å²) >= 11 is 0. The van der Waals surface area contributed by atoms with Gasteiger partial charge in [-0.15, -0.1) is 0 Å². The Labute approximate surface area is 214 Å². The zero-order valence-electron chi connectivity index (χ0n) is 20.7. The highest BCUT2D eigenvalue weighted by atomic mass is 16.5. The van der Waals surface area contributed by atoms with E-state index in [1.807, 2.05) is 60.2 Å². The molecule has 0 fully saturated rings. The van der Waals surface area contributed by atoms with Gasteiger partial charge in [0.1, 0.15) is 23.7 Å². The van der Waals surface area contributed by atoms with Gasteiger partial charge in [-0.25, -0.2) is 9.78 Å². The van der Waals surface area contributed by atoms with Crippen molar-refractivity contribution in [2.24, 2.45) is 0 Å². The number of hydrogen-bond acceptors (Lipinski definition) is 7. The van der Waals surface area contributed by atoms with Gasteiger partial charge in [-0.3, -0.25) is 4.98 Å². The van der Waals surface area contributed by atoms with Crippen molar-refractivity contribution in [3.63, 3.8) is 0 Å². The van der Waals surface area contributed by atoms with Crippen molar-refractivity contribution < 1.29 is 23.7 Å². The number of ether oxygens (including phenoxy) is 4. The molecule has 8 nitrogen and oxygen atoms in total. The fourth-order valence-electron chi connectivity index (χ4n) is 4.02. The Bertz CT molecular complexity index is 1530. The van der Waals surface area contributed by atoms with Crippen molar-refractivity contribution in [3.05, 3.63) is 85.1 Å². The maximum atomic E-state index is 12.9. The Kier molecular flexibility index (Phi) is 7.16. The van der Waals surface area contributed by atoms with Gasteiger partial charge in [0.05, 0.1) is 32.1 Å². The highest BCUT2D eigenvalue weighted by molar-refractivity contribution is 5.99. The number of pyridine rings is 1. The van der Waals surface area contributed by atoms with Crippen LogP contribution in [0.4, 0.5) is 0 Å². The van der Waals surface area contributed by atoms with Crippen molar-refractivity contribution in [2.75, 3.05) is 20.3 Å². The zero-order chi connectivity index (χ0) is 25.6. The molecular weight excluding hydrogens is 470 g/mol. The summed E-state index contributed by atoms with van der Waals surface area (Å²) < 4.78 is 25.3. The number of aromatic nitrogens is 3. The molecule has 0 radical (unpaired) electrons. The van der Waals surface area contributed by atoms with Crippen LogP contribution in [0.15, 0.2) is 79.5 Å². The standard InChI is InChI=1S/C29H27N3O5/c1-3-13-36-29(33)23-15-20-6-4-5-7-21(20)16-26(23)37-25-8-9-31-24-18-28(27(34-2)17-22(24)25)35-14-12-32-11-10-30-19-32/h4-11,15-19H,3,12-14H2,1-2H3. The van der Waals surface area contributed by atoms with Gasteiger partial charge in [0.15, 0.2) is 11.5 Å². The lowest BCUT2D eigenvalue weighted by molar-refractivity contribution is 0.0502. The van der Waals surface area contributed by atoms with Crippen molar-refractivity contribution in [2.45, 2.75) is 19.9 Å². The number of carbonyl (C=O) groups excluding carboxylic acids is 1. The smallest absolute Gasteiger partial charge is 0.341 e. The first-order valence-electron chi connectivity index (χ1n) is 12.1. The van der Waals surface area contributed by atoms with Crippen molar-refractivity contribution in [1.29, 1.82) is 0 Å². The first kappa shape index (κ1) is 24.1. The van der Waals surface area contributed by atoms with Crippen molar-refractivity contribution in [1.82, 2.24) is 14.5 Å². The lowest BCUT2D eigenvalue weighted by Crippen LogP contribution is -2.08. The third kappa shape index (κ3) is 5.33. The summed E-state index contributed by atoms with van der Waals surface area (Å²) in [7, 11) is 1.59. The second-order valence-corrected chi connectivity index (χ2v) is 8.41. The van der Waals surface area contributed by atoms with Crippen LogP contribution in [0.1, 0.15) is 23.7 Å². The molecule has 0 aliphatic rings. The van der Waals surface area contributed by atoms with Gasteiger partial charge in [0, 0.05) is 30.0 Å². The highest BCUT2D eigenvalue weighted by Crippen LogP contribution is 2.38. The van der Waals surface area contributed by atoms with Crippen molar-refractivity contribution >= 4 is 27.6 Å². The van der Waals surface area contributed by atoms with Gasteiger partial charge in [-0.2, -0.15) is 0 Å². The number of imidazole rings is 1. The molecule has 0 spiro atoms. The van der Waals surface area contributed by atoms with Crippen LogP contribution in [0.3, 0.4) is 0 Å². The van der Waals surface area contributed by atoms with Gasteiger partial charge >= 0.3 is 5.97 Å². The molecule has 0 N–H and O–H groups in total. The lowest BCUT2D eigenvalue weighted by Gasteiger charge is -2.16. The Morgan fingerprint density at radius 2 is 1.76 bits per heavy atom. The number of benzene rings is 3. The molecule has 0 unspecified atom stereocenters. The van der Waals surface area contributed by atoms with Crippen LogP contribution < -0.4 is 14.2 Å². The molecule has 0 saturated heterocycles. The summed E-state index contributed by atoms with van der Waals surface area (Å²) in [5, 5.41) is 2.61. The summed E-state index contributed by atoms with van der Waals surface area (Å²) in [6.07, 6.45) is 7.75. The summed E-state index contributed by atoms with van der Waals surface area (Å²) in [4.78, 5) is 21.4. The van der Waals surface area contributed by atoms with Crippen LogP contribution in [0, 0.1) is 0 Å². The van der Waals surface area contributed by atoms with E-state index in [0.29, 0.717) is 53.8 Å². The normalized spacial score (nSPS) is 11.0. The quantitative estimate of drug-likeness (QED) is 0.218. The van der Waals surface area contributed by atoms with Gasteiger partial charge in [0.25, 0.3) is 0 Å². The molecule has 2 aromatic heterocycles. The molecule has 8 heteroatoms. The van der Waals surface area contributed by atoms with E-state index in [4.69, 9.17) is 18.9 Å². The summed E-state index contributed by atoms with van der Waals surface area (Å²) in [5.74, 6) is 1.65. The molecule has 5 aromatic rings. The monoisotopic (exact) mass is 497 g/mol. The van der Waals surface area contributed by atoms with Gasteiger partial charge in [0.2, 0.25) is 0 Å². The van der Waals surface area contributed by atoms with E-state index in [2.05, 4.69) is 9.97 Å². The molecular formula is C29H27N3O5. The maximum absolute atomic E-state index is 12.9. The fourth-order valence-corrected chi connectivity index (χ4v) is 4.02. The molecule has 0 atom stereocenters. The molecule has 0 aliphatic heterocycles. The van der Waals surface area contributed by atoms with E-state index >= 15 is 0 Å². The van der Waals surface area contributed by atoms with Gasteiger partial charge < -0.3 is 23.5 Å². The van der Waals surface area contributed by atoms with E-state index in [9.17, 15) is 4.79 Å². The first-order valence-corrected chi connectivity index (χ1v) is 12.1. The number of hydrogen-bond donors (Lipinski definition) is 0. The molecule has 3 aromatic carbocycles. The van der Waals surface area contributed by atoms with Crippen LogP contribution in [0.2, 0.25) is 0 Å². The number of nitrogens with zero attached hydrogens (tertiary/aromatic N) is 3. The zero-order valence-corrected chi connectivity index (χ0v) is 20.7. The van der Waals surface area contributed by atoms with Gasteiger partial charge in [-0.1, -0.05) is 31.2 Å². The maximum Gasteiger partial charge on any atom is 0.341 e. The van der Waals surface area contributed by atoms with Crippen LogP contribution in [0.5, 0.6) is 23.0 Å². The Morgan fingerprint density at radius 1 is 0.919 bits per heavy atom. The van der Waals surface area contributed by atoms with E-state index in [1.165, 1.54) is 0 Å². The molecule has 37 heavy (non-hydrogen) atoms. The Balaban J connectivity index is 1.49. The topological polar surface area (TPSA) is 84.7 Å². The molecule has 5 rings (SSSR count). The minimum atomic E-state index is -0.424. The summed E-state index contributed by atoms with van der Waals surface area (Å²) in [5.41, 5.74) is 1.04. The molecule has 0 saturated carbocycles. The second-order valence-electron chi connectivity index (χ2n) is 8.41. The average Bonchev–Trinajstić information content (AvgIpc) is 3.44. The number of esters is 1. The van der Waals surface area contributed by atoms with Crippen molar-refractivity contribution in [3.8, 4) is 23.0 Å². The number of methoxy groups -OCH3 is 1. The molecule has 188 valence electrons. The van der Waals surface area contributed by atoms with Crippen LogP contribution in [-0.4, -0.2) is 40.8 Å². The highest BCUT2D eigenvalue weighted by Gasteiger charge is 2.18. The van der Waals surface area contributed by atoms with E-state index in [0.717, 1.165) is 22.6 Å². The second kappa shape index (κ2) is 11.0. The summed E-state index contributed by atoms with van der Waals surface area (Å²) in [6.45, 7) is 3.38. The largest absolute Gasteiger partial charge is 0.493 e. The van der Waals surface area contributed by atoms with E-state index < -0.39 is 5.97 Å². The van der Waals surface area contributed by atoms with Gasteiger partial charge in [-0.05, 0) is 41.5 Å². The Hall–Kier alpha value is -4.59. The number of rotatable bonds is 10.